The summed E-state index contributed by atoms with van der Waals surface area (Å²) in [6.07, 6.45) is 7.41. The molecule has 0 unspecified atom stereocenters. The van der Waals surface area contributed by atoms with Gasteiger partial charge in [-0.15, -0.1) is 0 Å². The molecule has 0 radical (unpaired) electrons. The molecule has 1 aliphatic heterocycles. The number of carbonyl (C=O) groups excluding carboxylic acids is 1. The highest BCUT2D eigenvalue weighted by atomic mass is 16.3. The second-order valence-electron chi connectivity index (χ2n) is 6.35. The number of rotatable bonds is 4. The van der Waals surface area contributed by atoms with Crippen molar-refractivity contribution in [1.82, 2.24) is 15.3 Å². The third-order valence-electron chi connectivity index (χ3n) is 4.57. The molecule has 1 amide bonds. The summed E-state index contributed by atoms with van der Waals surface area (Å²) in [7, 11) is 0. The van der Waals surface area contributed by atoms with Crippen LogP contribution in [0.5, 0.6) is 0 Å². The van der Waals surface area contributed by atoms with Crippen molar-refractivity contribution in [2.75, 3.05) is 18.0 Å². The molecule has 1 aromatic rings. The Labute approximate surface area is 128 Å². The quantitative estimate of drug-likeness (QED) is 0.736. The van der Waals surface area contributed by atoms with Crippen molar-refractivity contribution in [3.05, 3.63) is 22.7 Å². The van der Waals surface area contributed by atoms with Gasteiger partial charge in [-0.3, -0.25) is 9.59 Å². The van der Waals surface area contributed by atoms with E-state index in [4.69, 9.17) is 0 Å². The zero-order chi connectivity index (χ0) is 15.6. The molecule has 1 aliphatic carbocycles. The normalized spacial score (nSPS) is 23.7. The van der Waals surface area contributed by atoms with Crippen molar-refractivity contribution in [1.29, 1.82) is 0 Å². The number of nitrogens with zero attached hydrogens (tertiary/aromatic N) is 2. The Bertz CT molecular complexity index is 594. The lowest BCUT2D eigenvalue weighted by molar-refractivity contribution is -0.126. The van der Waals surface area contributed by atoms with Gasteiger partial charge in [-0.25, -0.2) is 4.98 Å². The first-order chi connectivity index (χ1) is 10.6. The third-order valence-corrected chi connectivity index (χ3v) is 4.57. The number of aliphatic hydroxyl groups is 1. The molecule has 0 bridgehead atoms. The first-order valence-electron chi connectivity index (χ1n) is 7.86. The number of nitrogens with one attached hydrogen (secondary N) is 2. The molecule has 1 saturated carbocycles. The fourth-order valence-electron chi connectivity index (χ4n) is 3.43. The van der Waals surface area contributed by atoms with Crippen LogP contribution in [0, 0.1) is 0 Å². The molecule has 0 aromatic carbocycles. The summed E-state index contributed by atoms with van der Waals surface area (Å²) >= 11 is 0. The van der Waals surface area contributed by atoms with Gasteiger partial charge < -0.3 is 20.3 Å². The van der Waals surface area contributed by atoms with E-state index in [9.17, 15) is 14.7 Å². The highest BCUT2D eigenvalue weighted by molar-refractivity contribution is 5.77. The molecule has 2 heterocycles. The van der Waals surface area contributed by atoms with E-state index in [1.807, 2.05) is 4.90 Å². The molecule has 0 spiro atoms. The molecule has 2 fully saturated rings. The van der Waals surface area contributed by atoms with Crippen molar-refractivity contribution in [3.63, 3.8) is 0 Å². The van der Waals surface area contributed by atoms with Crippen LogP contribution in [0.2, 0.25) is 0 Å². The van der Waals surface area contributed by atoms with Gasteiger partial charge in [0, 0.05) is 31.5 Å². The van der Waals surface area contributed by atoms with E-state index in [0.29, 0.717) is 31.7 Å². The first-order valence-corrected chi connectivity index (χ1v) is 7.86. The smallest absolute Gasteiger partial charge is 0.290 e. The number of aromatic amines is 1. The van der Waals surface area contributed by atoms with Crippen LogP contribution in [-0.2, 0) is 4.79 Å². The fraction of sp³-hybridized carbons (Fsp3) is 0.667. The van der Waals surface area contributed by atoms with Crippen LogP contribution < -0.4 is 15.8 Å². The van der Waals surface area contributed by atoms with Crippen LogP contribution in [-0.4, -0.2) is 45.7 Å². The maximum Gasteiger partial charge on any atom is 0.290 e. The Balaban J connectivity index is 1.54. The Hall–Kier alpha value is -1.89. The van der Waals surface area contributed by atoms with E-state index >= 15 is 0 Å². The van der Waals surface area contributed by atoms with Crippen LogP contribution in [0.1, 0.15) is 38.5 Å². The SMILES string of the molecule is O=C(CC1(O)CCCC1)N[C@H]1CCN(c2ncc[nH]c2=O)C1. The van der Waals surface area contributed by atoms with Gasteiger partial charge in [0.1, 0.15) is 0 Å². The summed E-state index contributed by atoms with van der Waals surface area (Å²) in [6, 6.07) is -0.00101. The summed E-state index contributed by atoms with van der Waals surface area (Å²) in [5, 5.41) is 13.2. The van der Waals surface area contributed by atoms with Crippen molar-refractivity contribution in [2.24, 2.45) is 0 Å². The number of carbonyl (C=O) groups is 1. The van der Waals surface area contributed by atoms with Gasteiger partial charge in [-0.05, 0) is 19.3 Å². The molecule has 1 aromatic heterocycles. The van der Waals surface area contributed by atoms with E-state index in [1.54, 1.807) is 6.20 Å². The van der Waals surface area contributed by atoms with Gasteiger partial charge in [-0.1, -0.05) is 12.8 Å². The standard InChI is InChI=1S/C15H22N4O3/c20-12(9-15(22)4-1-2-5-15)18-11-3-8-19(10-11)13-14(21)17-7-6-16-13/h6-7,11,22H,1-5,8-10H2,(H,17,21)(H,18,20)/t11-/m0/s1. The predicted molar refractivity (Wildman–Crippen MR) is 81.7 cm³/mol. The fourth-order valence-corrected chi connectivity index (χ4v) is 3.43. The Kier molecular flexibility index (Phi) is 4.15. The number of H-pyrrole nitrogens is 1. The van der Waals surface area contributed by atoms with E-state index < -0.39 is 5.60 Å². The highest BCUT2D eigenvalue weighted by Crippen LogP contribution is 2.32. The first kappa shape index (κ1) is 15.0. The van der Waals surface area contributed by atoms with Crippen molar-refractivity contribution < 1.29 is 9.90 Å². The molecule has 1 saturated heterocycles. The average molecular weight is 306 g/mol. The minimum atomic E-state index is -0.819. The van der Waals surface area contributed by atoms with E-state index in [0.717, 1.165) is 19.3 Å². The average Bonchev–Trinajstić information content (AvgIpc) is 3.09. The molecule has 2 aliphatic rings. The Morgan fingerprint density at radius 1 is 1.50 bits per heavy atom. The van der Waals surface area contributed by atoms with E-state index in [1.165, 1.54) is 6.20 Å². The van der Waals surface area contributed by atoms with Gasteiger partial charge in [-0.2, -0.15) is 0 Å². The lowest BCUT2D eigenvalue weighted by Crippen LogP contribution is -2.41. The Morgan fingerprint density at radius 2 is 2.27 bits per heavy atom. The van der Waals surface area contributed by atoms with Crippen molar-refractivity contribution in [2.45, 2.75) is 50.2 Å². The van der Waals surface area contributed by atoms with Gasteiger partial charge in [0.2, 0.25) is 5.91 Å². The lowest BCUT2D eigenvalue weighted by atomic mass is 9.97. The third kappa shape index (κ3) is 3.30. The molecular weight excluding hydrogens is 284 g/mol. The van der Waals surface area contributed by atoms with Gasteiger partial charge in [0.25, 0.3) is 5.56 Å². The Morgan fingerprint density at radius 3 is 3.00 bits per heavy atom. The summed E-state index contributed by atoms with van der Waals surface area (Å²) in [6.45, 7) is 1.26. The number of hydrogen-bond donors (Lipinski definition) is 3. The summed E-state index contributed by atoms with van der Waals surface area (Å²) < 4.78 is 0. The summed E-state index contributed by atoms with van der Waals surface area (Å²) in [4.78, 5) is 32.4. The minimum Gasteiger partial charge on any atom is -0.389 e. The summed E-state index contributed by atoms with van der Waals surface area (Å²) in [5.41, 5.74) is -1.03. The molecule has 3 rings (SSSR count). The molecule has 7 heteroatoms. The second kappa shape index (κ2) is 6.08. The van der Waals surface area contributed by atoms with Crippen LogP contribution in [0.3, 0.4) is 0 Å². The molecule has 22 heavy (non-hydrogen) atoms. The second-order valence-corrected chi connectivity index (χ2v) is 6.35. The number of hydrogen-bond acceptors (Lipinski definition) is 5. The zero-order valence-electron chi connectivity index (χ0n) is 12.5. The van der Waals surface area contributed by atoms with Gasteiger partial charge >= 0.3 is 0 Å². The molecule has 7 nitrogen and oxygen atoms in total. The molecule has 3 N–H and O–H groups in total. The van der Waals surface area contributed by atoms with E-state index in [2.05, 4.69) is 15.3 Å². The molecule has 1 atom stereocenters. The number of anilines is 1. The van der Waals surface area contributed by atoms with E-state index in [-0.39, 0.29) is 23.9 Å². The van der Waals surface area contributed by atoms with Crippen LogP contribution in [0.4, 0.5) is 5.82 Å². The highest BCUT2D eigenvalue weighted by Gasteiger charge is 2.34. The number of amides is 1. The topological polar surface area (TPSA) is 98.3 Å². The van der Waals surface area contributed by atoms with Crippen LogP contribution >= 0.6 is 0 Å². The molecule has 120 valence electrons. The monoisotopic (exact) mass is 306 g/mol. The lowest BCUT2D eigenvalue weighted by Gasteiger charge is -2.22. The minimum absolute atomic E-state index is 0.00101. The largest absolute Gasteiger partial charge is 0.389 e. The predicted octanol–water partition coefficient (Wildman–Crippen LogP) is 0.160. The summed E-state index contributed by atoms with van der Waals surface area (Å²) in [5.74, 6) is 0.292. The van der Waals surface area contributed by atoms with Crippen molar-refractivity contribution >= 4 is 11.7 Å². The van der Waals surface area contributed by atoms with Gasteiger partial charge in [0.05, 0.1) is 12.0 Å². The van der Waals surface area contributed by atoms with Crippen LogP contribution in [0.15, 0.2) is 17.2 Å². The maximum atomic E-state index is 12.1. The zero-order valence-corrected chi connectivity index (χ0v) is 12.5. The molecular formula is C15H22N4O3. The maximum absolute atomic E-state index is 12.1. The van der Waals surface area contributed by atoms with Crippen LogP contribution in [0.25, 0.3) is 0 Å². The van der Waals surface area contributed by atoms with Crippen molar-refractivity contribution in [3.8, 4) is 0 Å². The number of aromatic nitrogens is 2. The van der Waals surface area contributed by atoms with Gasteiger partial charge in [0.15, 0.2) is 5.82 Å².